The minimum absolute atomic E-state index is 0.0151. The number of pyridine rings is 1. The van der Waals surface area contributed by atoms with Gasteiger partial charge >= 0.3 is 0 Å². The molecule has 4 aliphatic rings. The van der Waals surface area contributed by atoms with Gasteiger partial charge < -0.3 is 65.9 Å². The Morgan fingerprint density at radius 2 is 1.19 bits per heavy atom. The molecule has 4 fully saturated rings. The van der Waals surface area contributed by atoms with Crippen LogP contribution in [0.3, 0.4) is 0 Å². The van der Waals surface area contributed by atoms with Gasteiger partial charge in [-0.25, -0.2) is 9.97 Å². The summed E-state index contributed by atoms with van der Waals surface area (Å²) in [5.41, 5.74) is 4.69. The Kier molecular flexibility index (Phi) is 15.1. The molecule has 7 heterocycles. The molecule has 5 aromatic heterocycles. The van der Waals surface area contributed by atoms with Crippen molar-refractivity contribution >= 4 is 69.3 Å². The Balaban J connectivity index is 0.896. The summed E-state index contributed by atoms with van der Waals surface area (Å²) in [6, 6.07) is 21.2. The van der Waals surface area contributed by atoms with E-state index >= 15 is 0 Å². The number of rotatable bonds is 18. The Hall–Kier alpha value is -7.86. The van der Waals surface area contributed by atoms with Crippen LogP contribution < -0.4 is 36.4 Å². The number of fused-ring (bicyclic) bond motifs is 2. The lowest BCUT2D eigenvalue weighted by molar-refractivity contribution is -0.123. The third kappa shape index (κ3) is 10.7. The summed E-state index contributed by atoms with van der Waals surface area (Å²) in [5.74, 6) is 1.18. The van der Waals surface area contributed by atoms with E-state index in [1.807, 2.05) is 36.4 Å². The predicted molar refractivity (Wildman–Crippen MR) is 292 cm³/mol. The van der Waals surface area contributed by atoms with Gasteiger partial charge in [0.1, 0.15) is 24.4 Å². The monoisotopic (exact) mass is 1060 g/mol. The second-order valence-corrected chi connectivity index (χ2v) is 20.9. The summed E-state index contributed by atoms with van der Waals surface area (Å²) < 4.78 is 3.54. The van der Waals surface area contributed by atoms with E-state index in [0.717, 1.165) is 17.5 Å². The van der Waals surface area contributed by atoms with Crippen LogP contribution in [0.5, 0.6) is 0 Å². The van der Waals surface area contributed by atoms with Gasteiger partial charge in [-0.05, 0) is 54.9 Å². The van der Waals surface area contributed by atoms with Crippen molar-refractivity contribution in [2.45, 2.75) is 119 Å². The first kappa shape index (κ1) is 52.2. The molecule has 10 atom stereocenters. The van der Waals surface area contributed by atoms with Crippen LogP contribution in [-0.4, -0.2) is 157 Å². The van der Waals surface area contributed by atoms with Crippen molar-refractivity contribution in [3.8, 4) is 0 Å². The number of nitrogens with one attached hydrogen (secondary N) is 5. The molecule has 2 saturated heterocycles. The molecule has 11 rings (SSSR count). The van der Waals surface area contributed by atoms with Gasteiger partial charge in [-0.2, -0.15) is 19.9 Å². The van der Waals surface area contributed by atoms with Gasteiger partial charge in [0.05, 0.1) is 48.7 Å². The molecular formula is C55H66N16O7. The molecule has 2 aliphatic heterocycles. The summed E-state index contributed by atoms with van der Waals surface area (Å²) >= 11 is 0. The van der Waals surface area contributed by atoms with Crippen LogP contribution in [0, 0.1) is 5.92 Å². The van der Waals surface area contributed by atoms with Crippen LogP contribution in [0.2, 0.25) is 0 Å². The molecule has 408 valence electrons. The largest absolute Gasteiger partial charge is 0.388 e. The predicted octanol–water partition coefficient (Wildman–Crippen LogP) is 3.27. The van der Waals surface area contributed by atoms with Crippen LogP contribution in [0.25, 0.3) is 22.3 Å². The molecule has 0 spiro atoms. The molecule has 23 nitrogen and oxygen atoms in total. The lowest BCUT2D eigenvalue weighted by Gasteiger charge is -2.23. The SMILES string of the molecule is CCC(=O)N[C@H]1C[C@@H](n2cnc3c(NCC(c4ccccc4)c4ccccc4)nc(N4CC[C@@H](Nc5nc(N6CC[C@@H](CC(=O)Nc7cccnc7)C6)nc6c5ncn6[C@@H]5C[C@H](NC(=O)CC)[C@@H](O)[C@H]5O)C4)nc32)[C@H](O)[C@@H]1O. The summed E-state index contributed by atoms with van der Waals surface area (Å²) in [4.78, 5) is 76.4. The average molecular weight is 1060 g/mol. The summed E-state index contributed by atoms with van der Waals surface area (Å²) in [5, 5.41) is 61.2. The molecule has 2 saturated carbocycles. The Morgan fingerprint density at radius 1 is 0.641 bits per heavy atom. The minimum atomic E-state index is -1.22. The van der Waals surface area contributed by atoms with E-state index in [-0.39, 0.29) is 61.3 Å². The first-order valence-electron chi connectivity index (χ1n) is 27.0. The van der Waals surface area contributed by atoms with Gasteiger partial charge in [-0.1, -0.05) is 74.5 Å². The Morgan fingerprint density at radius 3 is 1.76 bits per heavy atom. The van der Waals surface area contributed by atoms with Crippen LogP contribution in [-0.2, 0) is 14.4 Å². The van der Waals surface area contributed by atoms with E-state index in [0.29, 0.717) is 97.1 Å². The van der Waals surface area contributed by atoms with Crippen LogP contribution in [0.15, 0.2) is 97.8 Å². The highest BCUT2D eigenvalue weighted by Crippen LogP contribution is 2.38. The van der Waals surface area contributed by atoms with Gasteiger partial charge in [-0.3, -0.25) is 19.4 Å². The van der Waals surface area contributed by atoms with E-state index in [2.05, 4.69) is 65.6 Å². The number of carbonyl (C=O) groups excluding carboxylic acids is 3. The third-order valence-electron chi connectivity index (χ3n) is 15.8. The molecule has 78 heavy (non-hydrogen) atoms. The van der Waals surface area contributed by atoms with Crippen molar-refractivity contribution in [3.63, 3.8) is 0 Å². The Labute approximate surface area is 450 Å². The van der Waals surface area contributed by atoms with Crippen LogP contribution in [0.4, 0.5) is 29.2 Å². The number of carbonyl (C=O) groups is 3. The van der Waals surface area contributed by atoms with E-state index in [1.165, 1.54) is 0 Å². The maximum absolute atomic E-state index is 13.1. The lowest BCUT2D eigenvalue weighted by atomic mass is 9.91. The second-order valence-electron chi connectivity index (χ2n) is 20.9. The zero-order valence-electron chi connectivity index (χ0n) is 43.5. The fourth-order valence-electron chi connectivity index (χ4n) is 11.6. The normalized spacial score (nSPS) is 25.1. The maximum Gasteiger partial charge on any atom is 0.229 e. The number of amides is 3. The number of aliphatic hydroxyl groups is 4. The second kappa shape index (κ2) is 22.6. The van der Waals surface area contributed by atoms with Gasteiger partial charge in [-0.15, -0.1) is 0 Å². The first-order chi connectivity index (χ1) is 37.9. The van der Waals surface area contributed by atoms with Crippen molar-refractivity contribution in [2.24, 2.45) is 5.92 Å². The first-order valence-corrected chi connectivity index (χ1v) is 27.0. The smallest absolute Gasteiger partial charge is 0.229 e. The quantitative estimate of drug-likeness (QED) is 0.0596. The molecule has 7 aromatic rings. The van der Waals surface area contributed by atoms with Crippen LogP contribution in [0.1, 0.15) is 87.9 Å². The van der Waals surface area contributed by atoms with E-state index in [1.54, 1.807) is 60.2 Å². The standard InChI is InChI=1S/C55H66N16O7/c1-3-41(72)62-37-23-39(48(77)46(37)75)70-29-58-44-50(57-26-36(32-12-7-5-8-13-32)33-14-9-6-10-15-33)64-54(66-52(44)70)69-21-18-35(28-69)61-51-45-53(71(30-59-45)40-24-38(47(76)49(40)78)63-42(73)4-2)67-55(65-51)68-20-17-31(27-68)22-43(74)60-34-16-11-19-56-25-34/h5-16,19,25,29-31,35-40,46-49,75-78H,3-4,17-18,20-24,26-28H2,1-2H3,(H,60,74)(H,62,72)(H,63,73)(H,57,64,66)(H,61,65,67)/t31-,35+,37-,38-,39+,40+,46+,47+,48-,49-/m0/s1. The molecule has 3 amide bonds. The van der Waals surface area contributed by atoms with E-state index < -0.39 is 48.6 Å². The third-order valence-corrected chi connectivity index (χ3v) is 15.8. The molecule has 2 aromatic carbocycles. The lowest BCUT2D eigenvalue weighted by Crippen LogP contribution is -2.42. The molecule has 0 bridgehead atoms. The topological polar surface area (TPSA) is 299 Å². The number of imidazole rings is 2. The number of aliphatic hydroxyl groups excluding tert-OH is 4. The van der Waals surface area contributed by atoms with Crippen molar-refractivity contribution in [3.05, 3.63) is 109 Å². The highest BCUT2D eigenvalue weighted by molar-refractivity contribution is 5.91. The van der Waals surface area contributed by atoms with E-state index in [9.17, 15) is 34.8 Å². The zero-order valence-corrected chi connectivity index (χ0v) is 43.5. The van der Waals surface area contributed by atoms with Crippen molar-refractivity contribution < 1.29 is 34.8 Å². The number of hydrogen-bond donors (Lipinski definition) is 9. The fraction of sp³-hybridized carbons (Fsp3) is 0.455. The van der Waals surface area contributed by atoms with Gasteiger partial charge in [0.25, 0.3) is 0 Å². The summed E-state index contributed by atoms with van der Waals surface area (Å²) in [6.45, 7) is 6.03. The summed E-state index contributed by atoms with van der Waals surface area (Å²) in [7, 11) is 0. The zero-order chi connectivity index (χ0) is 54.0. The molecule has 0 radical (unpaired) electrons. The number of benzene rings is 2. The van der Waals surface area contributed by atoms with Crippen molar-refractivity contribution in [1.82, 2.24) is 54.7 Å². The molecule has 0 unspecified atom stereocenters. The van der Waals surface area contributed by atoms with E-state index in [4.69, 9.17) is 29.9 Å². The maximum atomic E-state index is 13.1. The minimum Gasteiger partial charge on any atom is -0.388 e. The highest BCUT2D eigenvalue weighted by atomic mass is 16.3. The van der Waals surface area contributed by atoms with Crippen LogP contribution >= 0.6 is 0 Å². The number of nitrogens with zero attached hydrogens (tertiary/aromatic N) is 11. The Bertz CT molecular complexity index is 3200. The fourth-order valence-corrected chi connectivity index (χ4v) is 11.6. The van der Waals surface area contributed by atoms with Gasteiger partial charge in [0, 0.05) is 70.1 Å². The molecular weight excluding hydrogens is 997 g/mol. The van der Waals surface area contributed by atoms with Crippen molar-refractivity contribution in [2.75, 3.05) is 58.5 Å². The molecule has 9 N–H and O–H groups in total. The number of aromatic nitrogens is 9. The number of anilines is 5. The van der Waals surface area contributed by atoms with Gasteiger partial charge in [0.2, 0.25) is 29.6 Å². The summed E-state index contributed by atoms with van der Waals surface area (Å²) in [6.07, 6.45) is 4.23. The number of hydrogen-bond acceptors (Lipinski definition) is 18. The molecule has 2 aliphatic carbocycles. The molecule has 23 heteroatoms. The highest BCUT2D eigenvalue weighted by Gasteiger charge is 2.45. The average Bonchev–Trinajstić information content (AvgIpc) is 4.52. The van der Waals surface area contributed by atoms with Crippen molar-refractivity contribution in [1.29, 1.82) is 0 Å². The van der Waals surface area contributed by atoms with Gasteiger partial charge in [0.15, 0.2) is 34.0 Å².